The van der Waals surface area contributed by atoms with Crippen molar-refractivity contribution >= 4 is 15.8 Å². The van der Waals surface area contributed by atoms with Crippen LogP contribution in [0.25, 0.3) is 5.82 Å². The lowest BCUT2D eigenvalue weighted by Gasteiger charge is -2.09. The van der Waals surface area contributed by atoms with E-state index in [1.165, 1.54) is 24.3 Å². The fraction of sp³-hybridized carbons (Fsp3) is 0.263. The van der Waals surface area contributed by atoms with E-state index in [4.69, 9.17) is 5.26 Å². The maximum Gasteiger partial charge on any atom is 0.240 e. The van der Waals surface area contributed by atoms with Gasteiger partial charge in [-0.25, -0.2) is 17.8 Å². The molecule has 0 spiro atoms. The van der Waals surface area contributed by atoms with Gasteiger partial charge in [-0.3, -0.25) is 0 Å². The van der Waals surface area contributed by atoms with Crippen molar-refractivity contribution in [3.05, 3.63) is 58.9 Å². The molecule has 0 amide bonds. The molecule has 2 heterocycles. The van der Waals surface area contributed by atoms with Crippen LogP contribution in [-0.2, 0) is 10.0 Å². The summed E-state index contributed by atoms with van der Waals surface area (Å²) in [5, 5.41) is 24.6. The minimum absolute atomic E-state index is 0.112. The molecule has 2 N–H and O–H groups in total. The first-order chi connectivity index (χ1) is 13.8. The lowest BCUT2D eigenvalue weighted by Crippen LogP contribution is -2.29. The SMILES string of the molecule is Cc1nn(-c2ccc(NCCNS(=O)(=O)c3ccc(C#N)cc3)nn2)c(C)c1C. The Balaban J connectivity index is 1.55. The predicted molar refractivity (Wildman–Crippen MR) is 108 cm³/mol. The molecule has 0 aliphatic carbocycles. The maximum absolute atomic E-state index is 12.2. The van der Waals surface area contributed by atoms with Gasteiger partial charge in [-0.05, 0) is 62.7 Å². The molecule has 3 aromatic rings. The molecule has 0 saturated carbocycles. The summed E-state index contributed by atoms with van der Waals surface area (Å²) in [6.45, 7) is 6.44. The molecule has 10 heteroatoms. The molecule has 0 atom stereocenters. The minimum Gasteiger partial charge on any atom is -0.367 e. The molecule has 0 fully saturated rings. The molecule has 0 aliphatic rings. The summed E-state index contributed by atoms with van der Waals surface area (Å²) in [4.78, 5) is 0.112. The summed E-state index contributed by atoms with van der Waals surface area (Å²) in [6, 6.07) is 11.3. The summed E-state index contributed by atoms with van der Waals surface area (Å²) in [6.07, 6.45) is 0. The number of aromatic nitrogens is 4. The van der Waals surface area contributed by atoms with Crippen LogP contribution in [0, 0.1) is 32.1 Å². The van der Waals surface area contributed by atoms with Crippen molar-refractivity contribution in [1.82, 2.24) is 24.7 Å². The number of nitrogens with one attached hydrogen (secondary N) is 2. The average Bonchev–Trinajstić information content (AvgIpc) is 2.99. The highest BCUT2D eigenvalue weighted by Crippen LogP contribution is 2.15. The first-order valence-corrected chi connectivity index (χ1v) is 10.4. The molecular formula is C19H21N7O2S. The average molecular weight is 411 g/mol. The van der Waals surface area contributed by atoms with Gasteiger partial charge in [-0.2, -0.15) is 10.4 Å². The smallest absolute Gasteiger partial charge is 0.240 e. The summed E-state index contributed by atoms with van der Waals surface area (Å²) in [7, 11) is -3.64. The number of nitriles is 1. The zero-order chi connectivity index (χ0) is 21.0. The van der Waals surface area contributed by atoms with Crippen molar-refractivity contribution in [3.63, 3.8) is 0 Å². The normalized spacial score (nSPS) is 11.2. The van der Waals surface area contributed by atoms with Crippen LogP contribution in [0.15, 0.2) is 41.3 Å². The molecule has 150 valence electrons. The number of sulfonamides is 1. The Hall–Kier alpha value is -3.29. The van der Waals surface area contributed by atoms with Gasteiger partial charge in [-0.1, -0.05) is 0 Å². The van der Waals surface area contributed by atoms with Gasteiger partial charge in [0.2, 0.25) is 10.0 Å². The van der Waals surface area contributed by atoms with Gasteiger partial charge in [0.15, 0.2) is 5.82 Å². The van der Waals surface area contributed by atoms with Crippen molar-refractivity contribution in [1.29, 1.82) is 5.26 Å². The lowest BCUT2D eigenvalue weighted by atomic mass is 10.2. The Morgan fingerprint density at radius 3 is 2.31 bits per heavy atom. The highest BCUT2D eigenvalue weighted by atomic mass is 32.2. The van der Waals surface area contributed by atoms with E-state index in [1.54, 1.807) is 16.8 Å². The van der Waals surface area contributed by atoms with Gasteiger partial charge in [0.25, 0.3) is 0 Å². The van der Waals surface area contributed by atoms with E-state index in [2.05, 4.69) is 25.3 Å². The Labute approximate surface area is 169 Å². The molecule has 3 rings (SSSR count). The van der Waals surface area contributed by atoms with E-state index in [0.29, 0.717) is 23.7 Å². The zero-order valence-electron chi connectivity index (χ0n) is 16.3. The van der Waals surface area contributed by atoms with Crippen LogP contribution in [-0.4, -0.2) is 41.5 Å². The molecule has 0 aliphatic heterocycles. The van der Waals surface area contributed by atoms with Crippen LogP contribution in [0.2, 0.25) is 0 Å². The Kier molecular flexibility index (Phi) is 5.91. The monoisotopic (exact) mass is 411 g/mol. The van der Waals surface area contributed by atoms with Crippen molar-refractivity contribution in [2.24, 2.45) is 0 Å². The Morgan fingerprint density at radius 2 is 1.76 bits per heavy atom. The van der Waals surface area contributed by atoms with Crippen LogP contribution < -0.4 is 10.0 Å². The number of anilines is 1. The topological polar surface area (TPSA) is 126 Å². The Bertz CT molecular complexity index is 1150. The van der Waals surface area contributed by atoms with E-state index in [-0.39, 0.29) is 11.4 Å². The van der Waals surface area contributed by atoms with Crippen LogP contribution in [0.3, 0.4) is 0 Å². The summed E-state index contributed by atoms with van der Waals surface area (Å²) in [5.74, 6) is 1.15. The first kappa shape index (κ1) is 20.4. The largest absolute Gasteiger partial charge is 0.367 e. The fourth-order valence-corrected chi connectivity index (χ4v) is 3.68. The molecule has 0 radical (unpaired) electrons. The third kappa shape index (κ3) is 4.59. The second kappa shape index (κ2) is 8.38. The quantitative estimate of drug-likeness (QED) is 0.568. The molecule has 1 aromatic carbocycles. The maximum atomic E-state index is 12.2. The fourth-order valence-electron chi connectivity index (χ4n) is 2.64. The van der Waals surface area contributed by atoms with Crippen molar-refractivity contribution in [2.75, 3.05) is 18.4 Å². The third-order valence-electron chi connectivity index (χ3n) is 4.54. The second-order valence-electron chi connectivity index (χ2n) is 6.45. The van der Waals surface area contributed by atoms with Gasteiger partial charge >= 0.3 is 0 Å². The number of hydrogen-bond donors (Lipinski definition) is 2. The number of nitrogens with zero attached hydrogens (tertiary/aromatic N) is 5. The number of rotatable bonds is 7. The molecule has 0 bridgehead atoms. The highest BCUT2D eigenvalue weighted by Gasteiger charge is 2.13. The van der Waals surface area contributed by atoms with Crippen molar-refractivity contribution in [3.8, 4) is 11.9 Å². The molecule has 0 saturated heterocycles. The standard InChI is InChI=1S/C19H21N7O2S/c1-13-14(2)25-26(15(13)3)19-9-8-18(23-24-19)21-10-11-22-29(27,28)17-6-4-16(12-20)5-7-17/h4-9,22H,10-11H2,1-3H3,(H,21,23). The van der Waals surface area contributed by atoms with E-state index in [0.717, 1.165) is 17.0 Å². The van der Waals surface area contributed by atoms with Gasteiger partial charge in [-0.15, -0.1) is 10.2 Å². The van der Waals surface area contributed by atoms with Crippen LogP contribution in [0.1, 0.15) is 22.5 Å². The molecular weight excluding hydrogens is 390 g/mol. The highest BCUT2D eigenvalue weighted by molar-refractivity contribution is 7.89. The third-order valence-corrected chi connectivity index (χ3v) is 6.01. The van der Waals surface area contributed by atoms with E-state index in [9.17, 15) is 8.42 Å². The van der Waals surface area contributed by atoms with Crippen LogP contribution >= 0.6 is 0 Å². The first-order valence-electron chi connectivity index (χ1n) is 8.92. The summed E-state index contributed by atoms with van der Waals surface area (Å²) < 4.78 is 28.7. The number of hydrogen-bond acceptors (Lipinski definition) is 7. The van der Waals surface area contributed by atoms with E-state index in [1.807, 2.05) is 26.8 Å². The molecule has 0 unspecified atom stereocenters. The Morgan fingerprint density at radius 1 is 1.03 bits per heavy atom. The minimum atomic E-state index is -3.64. The second-order valence-corrected chi connectivity index (χ2v) is 8.21. The van der Waals surface area contributed by atoms with Crippen LogP contribution in [0.4, 0.5) is 5.82 Å². The number of benzene rings is 1. The van der Waals surface area contributed by atoms with Gasteiger partial charge in [0.1, 0.15) is 5.82 Å². The molecule has 29 heavy (non-hydrogen) atoms. The summed E-state index contributed by atoms with van der Waals surface area (Å²) in [5.41, 5.74) is 3.47. The van der Waals surface area contributed by atoms with Gasteiger partial charge < -0.3 is 5.32 Å². The van der Waals surface area contributed by atoms with Gasteiger partial charge in [0, 0.05) is 18.8 Å². The van der Waals surface area contributed by atoms with Crippen molar-refractivity contribution in [2.45, 2.75) is 25.7 Å². The number of aryl methyl sites for hydroxylation is 1. The van der Waals surface area contributed by atoms with Gasteiger partial charge in [0.05, 0.1) is 22.2 Å². The summed E-state index contributed by atoms with van der Waals surface area (Å²) >= 11 is 0. The van der Waals surface area contributed by atoms with E-state index >= 15 is 0 Å². The lowest BCUT2D eigenvalue weighted by molar-refractivity contribution is 0.583. The zero-order valence-corrected chi connectivity index (χ0v) is 17.2. The molecule has 2 aromatic heterocycles. The van der Waals surface area contributed by atoms with E-state index < -0.39 is 10.0 Å². The van der Waals surface area contributed by atoms with Crippen LogP contribution in [0.5, 0.6) is 0 Å². The predicted octanol–water partition coefficient (Wildman–Crippen LogP) is 1.85. The molecule has 9 nitrogen and oxygen atoms in total. The van der Waals surface area contributed by atoms with Crippen molar-refractivity contribution < 1.29 is 8.42 Å².